The van der Waals surface area contributed by atoms with Crippen molar-refractivity contribution < 1.29 is 18.0 Å². The molecule has 19 heavy (non-hydrogen) atoms. The van der Waals surface area contributed by atoms with Crippen LogP contribution >= 0.6 is 11.6 Å². The summed E-state index contributed by atoms with van der Waals surface area (Å²) in [6, 6.07) is 3.37. The average molecular weight is 288 g/mol. The molecule has 0 saturated carbocycles. The molecule has 0 fully saturated rings. The van der Waals surface area contributed by atoms with Gasteiger partial charge < -0.3 is 5.32 Å². The molecule has 0 aliphatic carbocycles. The van der Waals surface area contributed by atoms with Gasteiger partial charge in [-0.15, -0.1) is 6.42 Å². The number of rotatable bonds is 3. The van der Waals surface area contributed by atoms with Crippen LogP contribution in [-0.4, -0.2) is 12.5 Å². The van der Waals surface area contributed by atoms with Crippen LogP contribution in [0.2, 0.25) is 5.02 Å². The SMILES string of the molecule is C#CCNC(=O)C=Cc1ccc(Cl)c(C(F)(F)F)c1. The highest BCUT2D eigenvalue weighted by molar-refractivity contribution is 6.31. The fourth-order valence-corrected chi connectivity index (χ4v) is 1.46. The van der Waals surface area contributed by atoms with Gasteiger partial charge in [0.15, 0.2) is 0 Å². The Morgan fingerprint density at radius 2 is 2.16 bits per heavy atom. The maximum atomic E-state index is 12.6. The van der Waals surface area contributed by atoms with E-state index in [4.69, 9.17) is 18.0 Å². The lowest BCUT2D eigenvalue weighted by Crippen LogP contribution is -2.20. The van der Waals surface area contributed by atoms with E-state index in [9.17, 15) is 18.0 Å². The molecule has 0 aliphatic rings. The fourth-order valence-electron chi connectivity index (χ4n) is 1.23. The molecule has 1 N–H and O–H groups in total. The van der Waals surface area contributed by atoms with Gasteiger partial charge in [0.25, 0.3) is 0 Å². The predicted octanol–water partition coefficient (Wildman–Crippen LogP) is 3.12. The molecule has 1 aromatic carbocycles. The van der Waals surface area contributed by atoms with Gasteiger partial charge in [0.05, 0.1) is 17.1 Å². The minimum Gasteiger partial charge on any atom is -0.342 e. The topological polar surface area (TPSA) is 29.1 Å². The van der Waals surface area contributed by atoms with Crippen molar-refractivity contribution in [1.82, 2.24) is 5.32 Å². The number of carbonyl (C=O) groups is 1. The number of terminal acetylenes is 1. The van der Waals surface area contributed by atoms with Crippen LogP contribution in [0, 0.1) is 12.3 Å². The van der Waals surface area contributed by atoms with Crippen LogP contribution in [0.3, 0.4) is 0 Å². The summed E-state index contributed by atoms with van der Waals surface area (Å²) in [5, 5.41) is 1.96. The quantitative estimate of drug-likeness (QED) is 0.672. The normalized spacial score (nSPS) is 11.3. The second kappa shape index (κ2) is 6.30. The first-order valence-corrected chi connectivity index (χ1v) is 5.48. The highest BCUT2D eigenvalue weighted by Crippen LogP contribution is 2.35. The lowest BCUT2D eigenvalue weighted by Gasteiger charge is -2.09. The van der Waals surface area contributed by atoms with E-state index in [-0.39, 0.29) is 17.1 Å². The van der Waals surface area contributed by atoms with Crippen molar-refractivity contribution in [3.8, 4) is 12.3 Å². The van der Waals surface area contributed by atoms with Crippen molar-refractivity contribution in [2.45, 2.75) is 6.18 Å². The molecule has 0 spiro atoms. The maximum absolute atomic E-state index is 12.6. The first-order chi connectivity index (χ1) is 8.84. The number of hydrogen-bond acceptors (Lipinski definition) is 1. The van der Waals surface area contributed by atoms with Gasteiger partial charge in [-0.3, -0.25) is 4.79 Å². The van der Waals surface area contributed by atoms with E-state index < -0.39 is 17.6 Å². The molecule has 0 saturated heterocycles. The van der Waals surface area contributed by atoms with E-state index in [0.717, 1.165) is 18.2 Å². The molecule has 2 nitrogen and oxygen atoms in total. The van der Waals surface area contributed by atoms with Crippen LogP contribution < -0.4 is 5.32 Å². The molecule has 0 unspecified atom stereocenters. The van der Waals surface area contributed by atoms with Gasteiger partial charge in [-0.05, 0) is 23.8 Å². The van der Waals surface area contributed by atoms with Crippen molar-refractivity contribution in [1.29, 1.82) is 0 Å². The van der Waals surface area contributed by atoms with Crippen LogP contribution in [0.1, 0.15) is 11.1 Å². The molecule has 6 heteroatoms. The smallest absolute Gasteiger partial charge is 0.342 e. The van der Waals surface area contributed by atoms with Crippen molar-refractivity contribution in [3.63, 3.8) is 0 Å². The summed E-state index contributed by atoms with van der Waals surface area (Å²) >= 11 is 5.47. The van der Waals surface area contributed by atoms with Crippen LogP contribution in [0.15, 0.2) is 24.3 Å². The molecule has 0 atom stereocenters. The molecule has 0 bridgehead atoms. The Hall–Kier alpha value is -1.93. The average Bonchev–Trinajstić information content (AvgIpc) is 2.34. The molecule has 1 amide bonds. The second-order valence-corrected chi connectivity index (χ2v) is 3.90. The van der Waals surface area contributed by atoms with Crippen molar-refractivity contribution >= 4 is 23.6 Å². The number of hydrogen-bond donors (Lipinski definition) is 1. The third kappa shape index (κ3) is 4.68. The highest BCUT2D eigenvalue weighted by Gasteiger charge is 2.33. The Kier molecular flexibility index (Phi) is 5.02. The first kappa shape index (κ1) is 15.1. The van der Waals surface area contributed by atoms with Crippen molar-refractivity contribution in [2.75, 3.05) is 6.54 Å². The molecular formula is C13H9ClF3NO. The third-order valence-corrected chi connectivity index (χ3v) is 2.42. The van der Waals surface area contributed by atoms with Crippen molar-refractivity contribution in [3.05, 3.63) is 40.4 Å². The lowest BCUT2D eigenvalue weighted by molar-refractivity contribution is -0.137. The number of benzene rings is 1. The van der Waals surface area contributed by atoms with Crippen LogP contribution in [0.4, 0.5) is 13.2 Å². The summed E-state index contributed by atoms with van der Waals surface area (Å²) in [7, 11) is 0. The zero-order valence-corrected chi connectivity index (χ0v) is 10.3. The Bertz CT molecular complexity index is 544. The zero-order valence-electron chi connectivity index (χ0n) is 9.59. The van der Waals surface area contributed by atoms with E-state index in [1.807, 2.05) is 0 Å². The molecule has 1 rings (SSSR count). The zero-order chi connectivity index (χ0) is 14.5. The Morgan fingerprint density at radius 3 is 2.74 bits per heavy atom. The van der Waals surface area contributed by atoms with Gasteiger partial charge in [-0.1, -0.05) is 23.6 Å². The van der Waals surface area contributed by atoms with Gasteiger partial charge in [0.2, 0.25) is 5.91 Å². The predicted molar refractivity (Wildman–Crippen MR) is 67.3 cm³/mol. The van der Waals surface area contributed by atoms with Gasteiger partial charge in [-0.25, -0.2) is 0 Å². The van der Waals surface area contributed by atoms with Gasteiger partial charge >= 0.3 is 6.18 Å². The van der Waals surface area contributed by atoms with Crippen molar-refractivity contribution in [2.24, 2.45) is 0 Å². The molecule has 100 valence electrons. The maximum Gasteiger partial charge on any atom is 0.417 e. The molecule has 0 aliphatic heterocycles. The van der Waals surface area contributed by atoms with E-state index in [1.165, 1.54) is 12.1 Å². The van der Waals surface area contributed by atoms with Gasteiger partial charge in [0.1, 0.15) is 0 Å². The van der Waals surface area contributed by atoms with E-state index in [0.29, 0.717) is 0 Å². The number of carbonyl (C=O) groups excluding carboxylic acids is 1. The monoisotopic (exact) mass is 287 g/mol. The summed E-state index contributed by atoms with van der Waals surface area (Å²) in [4.78, 5) is 11.2. The molecular weight excluding hydrogens is 279 g/mol. The number of amides is 1. The molecule has 0 heterocycles. The Morgan fingerprint density at radius 1 is 1.47 bits per heavy atom. The number of nitrogens with one attached hydrogen (secondary N) is 1. The number of halogens is 4. The standard InChI is InChI=1S/C13H9ClF3NO/c1-2-7-18-12(19)6-4-9-3-5-11(14)10(8-9)13(15,16)17/h1,3-6,8H,7H2,(H,18,19). The van der Waals surface area contributed by atoms with Crippen LogP contribution in [-0.2, 0) is 11.0 Å². The van der Waals surface area contributed by atoms with Gasteiger partial charge in [-0.2, -0.15) is 13.2 Å². The number of alkyl halides is 3. The molecule has 0 aromatic heterocycles. The van der Waals surface area contributed by atoms with Crippen LogP contribution in [0.5, 0.6) is 0 Å². The van der Waals surface area contributed by atoms with E-state index >= 15 is 0 Å². The third-order valence-electron chi connectivity index (χ3n) is 2.09. The lowest BCUT2D eigenvalue weighted by atomic mass is 10.1. The summed E-state index contributed by atoms with van der Waals surface area (Å²) in [6.07, 6.45) is 2.75. The molecule has 0 radical (unpaired) electrons. The second-order valence-electron chi connectivity index (χ2n) is 3.49. The molecule has 1 aromatic rings. The highest BCUT2D eigenvalue weighted by atomic mass is 35.5. The minimum atomic E-state index is -4.54. The first-order valence-electron chi connectivity index (χ1n) is 5.10. The van der Waals surface area contributed by atoms with Gasteiger partial charge in [0, 0.05) is 6.08 Å². The largest absolute Gasteiger partial charge is 0.417 e. The summed E-state index contributed by atoms with van der Waals surface area (Å²) in [5.41, 5.74) is -0.729. The Labute approximate surface area is 113 Å². The minimum absolute atomic E-state index is 0.0532. The van der Waals surface area contributed by atoms with Crippen LogP contribution in [0.25, 0.3) is 6.08 Å². The Balaban J connectivity index is 2.89. The van der Waals surface area contributed by atoms with E-state index in [2.05, 4.69) is 11.2 Å². The summed E-state index contributed by atoms with van der Waals surface area (Å²) < 4.78 is 37.8. The fraction of sp³-hybridized carbons (Fsp3) is 0.154. The summed E-state index contributed by atoms with van der Waals surface area (Å²) in [6.45, 7) is 0.0532. The summed E-state index contributed by atoms with van der Waals surface area (Å²) in [5.74, 6) is 1.72. The van der Waals surface area contributed by atoms with E-state index in [1.54, 1.807) is 0 Å².